The number of nitrogens with zero attached hydrogens (tertiary/aromatic N) is 3. The number of aryl methyl sites for hydroxylation is 1. The van der Waals surface area contributed by atoms with Crippen LogP contribution in [-0.4, -0.2) is 14.8 Å². The fourth-order valence-electron chi connectivity index (χ4n) is 1.93. The molecule has 0 spiro atoms. The van der Waals surface area contributed by atoms with Gasteiger partial charge in [0.1, 0.15) is 0 Å². The summed E-state index contributed by atoms with van der Waals surface area (Å²) >= 11 is 12.1. The van der Waals surface area contributed by atoms with E-state index >= 15 is 0 Å². The first-order valence-electron chi connectivity index (χ1n) is 5.42. The van der Waals surface area contributed by atoms with Gasteiger partial charge in [-0.25, -0.2) is 9.67 Å². The number of hydrogen-bond donors (Lipinski definition) is 0. The van der Waals surface area contributed by atoms with Crippen molar-refractivity contribution in [2.24, 2.45) is 0 Å². The van der Waals surface area contributed by atoms with Crippen LogP contribution in [0.3, 0.4) is 0 Å². The van der Waals surface area contributed by atoms with Crippen LogP contribution in [0.5, 0.6) is 0 Å². The van der Waals surface area contributed by atoms with Gasteiger partial charge in [0.15, 0.2) is 5.65 Å². The second-order valence-electron chi connectivity index (χ2n) is 3.97. The Hall–Kier alpha value is -1.58. The van der Waals surface area contributed by atoms with Crippen LogP contribution in [-0.2, 0) is 0 Å². The number of rotatable bonds is 1. The summed E-state index contributed by atoms with van der Waals surface area (Å²) in [5.41, 5.74) is 2.52. The lowest BCUT2D eigenvalue weighted by Crippen LogP contribution is -1.97. The van der Waals surface area contributed by atoms with Gasteiger partial charge in [0.25, 0.3) is 0 Å². The monoisotopic (exact) mass is 277 g/mol. The molecule has 0 radical (unpaired) electrons. The van der Waals surface area contributed by atoms with Crippen LogP contribution in [0, 0.1) is 6.92 Å². The molecule has 0 fully saturated rings. The van der Waals surface area contributed by atoms with Gasteiger partial charge in [0, 0.05) is 11.2 Å². The van der Waals surface area contributed by atoms with Gasteiger partial charge in [-0.2, -0.15) is 5.10 Å². The van der Waals surface area contributed by atoms with Gasteiger partial charge in [-0.05, 0) is 37.3 Å². The van der Waals surface area contributed by atoms with Crippen LogP contribution in [0.1, 0.15) is 5.69 Å². The quantitative estimate of drug-likeness (QED) is 0.672. The number of halogens is 2. The Bertz CT molecular complexity index is 717. The molecule has 0 atom stereocenters. The Kier molecular flexibility index (Phi) is 2.73. The second kappa shape index (κ2) is 4.26. The van der Waals surface area contributed by atoms with Crippen molar-refractivity contribution >= 4 is 34.2 Å². The summed E-state index contributed by atoms with van der Waals surface area (Å²) in [5, 5.41) is 6.72. The molecule has 3 aromatic rings. The van der Waals surface area contributed by atoms with Crippen LogP contribution < -0.4 is 0 Å². The van der Waals surface area contributed by atoms with Gasteiger partial charge in [-0.1, -0.05) is 23.2 Å². The van der Waals surface area contributed by atoms with Crippen molar-refractivity contribution in [3.05, 3.63) is 52.3 Å². The summed E-state index contributed by atoms with van der Waals surface area (Å²) in [6.45, 7) is 1.92. The van der Waals surface area contributed by atoms with Crippen molar-refractivity contribution in [1.29, 1.82) is 0 Å². The molecule has 90 valence electrons. The Labute approximate surface area is 114 Å². The third-order valence-corrected chi connectivity index (χ3v) is 3.33. The van der Waals surface area contributed by atoms with E-state index in [1.807, 2.05) is 31.2 Å². The minimum Gasteiger partial charge on any atom is -0.236 e. The van der Waals surface area contributed by atoms with Crippen LogP contribution >= 0.6 is 23.2 Å². The minimum atomic E-state index is 0.665. The number of aromatic nitrogens is 3. The van der Waals surface area contributed by atoms with Crippen molar-refractivity contribution in [2.45, 2.75) is 6.92 Å². The Morgan fingerprint density at radius 2 is 1.78 bits per heavy atom. The predicted molar refractivity (Wildman–Crippen MR) is 73.6 cm³/mol. The molecule has 1 aromatic carbocycles. The lowest BCUT2D eigenvalue weighted by molar-refractivity contribution is 0.878. The number of hydrogen-bond acceptors (Lipinski definition) is 2. The summed E-state index contributed by atoms with van der Waals surface area (Å²) in [6.07, 6.45) is 1.68. The van der Waals surface area contributed by atoms with Gasteiger partial charge in [-0.15, -0.1) is 0 Å². The third kappa shape index (κ3) is 1.76. The normalized spacial score (nSPS) is 11.1. The third-order valence-electron chi connectivity index (χ3n) is 2.76. The average molecular weight is 278 g/mol. The summed E-state index contributed by atoms with van der Waals surface area (Å²) in [6, 6.07) is 9.22. The van der Waals surface area contributed by atoms with Crippen molar-refractivity contribution in [2.75, 3.05) is 0 Å². The maximum Gasteiger partial charge on any atom is 0.164 e. The molecule has 0 bridgehead atoms. The molecule has 0 saturated heterocycles. The Morgan fingerprint density at radius 1 is 1.06 bits per heavy atom. The summed E-state index contributed by atoms with van der Waals surface area (Å²) in [4.78, 5) is 4.34. The van der Waals surface area contributed by atoms with E-state index in [0.29, 0.717) is 10.0 Å². The second-order valence-corrected chi connectivity index (χ2v) is 4.81. The zero-order chi connectivity index (χ0) is 12.7. The molecule has 18 heavy (non-hydrogen) atoms. The topological polar surface area (TPSA) is 30.7 Å². The molecule has 0 unspecified atom stereocenters. The van der Waals surface area contributed by atoms with E-state index < -0.39 is 0 Å². The molecule has 0 aliphatic heterocycles. The van der Waals surface area contributed by atoms with Gasteiger partial charge in [-0.3, -0.25) is 0 Å². The van der Waals surface area contributed by atoms with Gasteiger partial charge in [0.2, 0.25) is 0 Å². The molecule has 2 aromatic heterocycles. The van der Waals surface area contributed by atoms with E-state index in [1.54, 1.807) is 16.9 Å². The van der Waals surface area contributed by atoms with Crippen LogP contribution in [0.2, 0.25) is 10.0 Å². The highest BCUT2D eigenvalue weighted by Gasteiger charge is 2.12. The highest BCUT2D eigenvalue weighted by molar-refractivity contribution is 6.35. The maximum absolute atomic E-state index is 6.17. The Balaban J connectivity index is 2.30. The lowest BCUT2D eigenvalue weighted by atomic mass is 10.3. The smallest absolute Gasteiger partial charge is 0.164 e. The molecule has 3 rings (SSSR count). The number of benzene rings is 1. The standard InChI is InChI=1S/C13H9Cl2N3/c1-8-12-11(15)6-7-16-13(12)18(17-8)10-4-2-9(14)3-5-10/h2-7H,1H3. The highest BCUT2D eigenvalue weighted by Crippen LogP contribution is 2.26. The highest BCUT2D eigenvalue weighted by atomic mass is 35.5. The van der Waals surface area contributed by atoms with Crippen LogP contribution in [0.4, 0.5) is 0 Å². The molecule has 5 heteroatoms. The van der Waals surface area contributed by atoms with E-state index in [-0.39, 0.29) is 0 Å². The first-order chi connectivity index (χ1) is 8.66. The van der Waals surface area contributed by atoms with E-state index in [1.165, 1.54) is 0 Å². The largest absolute Gasteiger partial charge is 0.236 e. The van der Waals surface area contributed by atoms with E-state index in [9.17, 15) is 0 Å². The molecule has 0 aliphatic rings. The van der Waals surface area contributed by atoms with Crippen molar-refractivity contribution in [3.8, 4) is 5.69 Å². The van der Waals surface area contributed by atoms with E-state index in [2.05, 4.69) is 10.1 Å². The minimum absolute atomic E-state index is 0.665. The molecule has 0 saturated carbocycles. The van der Waals surface area contributed by atoms with Crippen molar-refractivity contribution in [1.82, 2.24) is 14.8 Å². The first-order valence-corrected chi connectivity index (χ1v) is 6.18. The SMILES string of the molecule is Cc1nn(-c2ccc(Cl)cc2)c2nccc(Cl)c12. The predicted octanol–water partition coefficient (Wildman–Crippen LogP) is 4.04. The molecular formula is C13H9Cl2N3. The van der Waals surface area contributed by atoms with Gasteiger partial charge >= 0.3 is 0 Å². The average Bonchev–Trinajstić information content (AvgIpc) is 2.69. The zero-order valence-electron chi connectivity index (χ0n) is 9.56. The molecule has 0 aliphatic carbocycles. The Morgan fingerprint density at radius 3 is 2.50 bits per heavy atom. The lowest BCUT2D eigenvalue weighted by Gasteiger charge is -2.02. The fourth-order valence-corrected chi connectivity index (χ4v) is 2.34. The number of fused-ring (bicyclic) bond motifs is 1. The molecule has 0 N–H and O–H groups in total. The van der Waals surface area contributed by atoms with Crippen LogP contribution in [0.25, 0.3) is 16.7 Å². The van der Waals surface area contributed by atoms with Gasteiger partial charge < -0.3 is 0 Å². The van der Waals surface area contributed by atoms with E-state index in [4.69, 9.17) is 23.2 Å². The summed E-state index contributed by atoms with van der Waals surface area (Å²) in [5.74, 6) is 0. The summed E-state index contributed by atoms with van der Waals surface area (Å²) in [7, 11) is 0. The van der Waals surface area contributed by atoms with Crippen molar-refractivity contribution in [3.63, 3.8) is 0 Å². The van der Waals surface area contributed by atoms with Crippen molar-refractivity contribution < 1.29 is 0 Å². The first kappa shape index (κ1) is 11.5. The molecule has 3 nitrogen and oxygen atoms in total. The van der Waals surface area contributed by atoms with E-state index in [0.717, 1.165) is 22.4 Å². The maximum atomic E-state index is 6.17. The molecule has 2 heterocycles. The number of pyridine rings is 1. The zero-order valence-corrected chi connectivity index (χ0v) is 11.1. The van der Waals surface area contributed by atoms with Crippen LogP contribution in [0.15, 0.2) is 36.5 Å². The fraction of sp³-hybridized carbons (Fsp3) is 0.0769. The van der Waals surface area contributed by atoms with Gasteiger partial charge in [0.05, 0.1) is 21.8 Å². The molecular weight excluding hydrogens is 269 g/mol. The molecule has 0 amide bonds. The summed E-state index contributed by atoms with van der Waals surface area (Å²) < 4.78 is 1.77.